The maximum Gasteiger partial charge on any atom is 0.250 e. The molecule has 1 saturated carbocycles. The summed E-state index contributed by atoms with van der Waals surface area (Å²) in [4.78, 5) is 12.0. The van der Waals surface area contributed by atoms with Gasteiger partial charge in [0.2, 0.25) is 5.91 Å². The third-order valence-corrected chi connectivity index (χ3v) is 3.87. The molecule has 0 unspecified atom stereocenters. The molecule has 2 aliphatic rings. The van der Waals surface area contributed by atoms with Gasteiger partial charge in [-0.2, -0.15) is 5.10 Å². The molecule has 19 heavy (non-hydrogen) atoms. The van der Waals surface area contributed by atoms with Gasteiger partial charge in [0.15, 0.2) is 0 Å². The van der Waals surface area contributed by atoms with Crippen LogP contribution in [0.25, 0.3) is 0 Å². The predicted molar refractivity (Wildman–Crippen MR) is 69.5 cm³/mol. The largest absolute Gasteiger partial charge is 0.366 e. The topological polar surface area (TPSA) is 68.2 Å². The molecule has 1 aromatic rings. The predicted octanol–water partition coefficient (Wildman–Crippen LogP) is -0.232. The van der Waals surface area contributed by atoms with E-state index in [2.05, 4.69) is 15.7 Å². The summed E-state index contributed by atoms with van der Waals surface area (Å²) in [5.41, 5.74) is 0.198. The molecule has 2 N–H and O–H groups in total. The Bertz CT molecular complexity index is 422. The van der Waals surface area contributed by atoms with Crippen molar-refractivity contribution >= 4 is 5.91 Å². The van der Waals surface area contributed by atoms with E-state index in [4.69, 9.17) is 4.74 Å². The van der Waals surface area contributed by atoms with Gasteiger partial charge in [-0.3, -0.25) is 9.48 Å². The van der Waals surface area contributed by atoms with Crippen LogP contribution in [-0.4, -0.2) is 48.0 Å². The summed E-state index contributed by atoms with van der Waals surface area (Å²) in [6.07, 6.45) is 5.72. The van der Waals surface area contributed by atoms with Crippen LogP contribution in [0.3, 0.4) is 0 Å². The van der Waals surface area contributed by atoms with Crippen molar-refractivity contribution in [3.8, 4) is 0 Å². The first-order valence-electron chi connectivity index (χ1n) is 6.85. The first-order chi connectivity index (χ1) is 9.27. The molecular formula is C13H20N4O2. The number of ether oxygens (including phenoxy) is 1. The number of hydrogen-bond acceptors (Lipinski definition) is 4. The molecule has 0 spiro atoms. The van der Waals surface area contributed by atoms with Crippen molar-refractivity contribution in [2.24, 2.45) is 5.41 Å². The van der Waals surface area contributed by atoms with Crippen molar-refractivity contribution in [2.45, 2.75) is 25.5 Å². The Hall–Kier alpha value is -1.40. The molecule has 104 valence electrons. The van der Waals surface area contributed by atoms with E-state index in [1.807, 2.05) is 16.9 Å². The average Bonchev–Trinajstić information content (AvgIpc) is 3.02. The fraction of sp³-hybridized carbons (Fsp3) is 0.692. The van der Waals surface area contributed by atoms with E-state index in [-0.39, 0.29) is 17.4 Å². The van der Waals surface area contributed by atoms with Crippen LogP contribution in [0.5, 0.6) is 0 Å². The second-order valence-electron chi connectivity index (χ2n) is 5.49. The Balaban J connectivity index is 1.47. The molecule has 0 aromatic carbocycles. The highest BCUT2D eigenvalue weighted by molar-refractivity contribution is 5.81. The molecule has 6 nitrogen and oxygen atoms in total. The van der Waals surface area contributed by atoms with Gasteiger partial charge >= 0.3 is 0 Å². The van der Waals surface area contributed by atoms with Crippen LogP contribution in [0.2, 0.25) is 0 Å². The number of nitrogens with one attached hydrogen (secondary N) is 2. The highest BCUT2D eigenvalue weighted by atomic mass is 16.5. The summed E-state index contributed by atoms with van der Waals surface area (Å²) in [6.45, 7) is 3.64. The Morgan fingerprint density at radius 2 is 2.47 bits per heavy atom. The summed E-state index contributed by atoms with van der Waals surface area (Å²) < 4.78 is 7.38. The summed E-state index contributed by atoms with van der Waals surface area (Å²) in [5.74, 6) is -0.000981. The lowest BCUT2D eigenvalue weighted by Gasteiger charge is -2.24. The molecular weight excluding hydrogens is 244 g/mol. The molecule has 2 fully saturated rings. The number of morpholine rings is 1. The van der Waals surface area contributed by atoms with Gasteiger partial charge in [-0.05, 0) is 18.9 Å². The standard InChI is InChI=1S/C13H20N4O2/c18-12(11-8-14-5-7-19-11)15-9-13(2-3-13)10-17-6-1-4-16-17/h1,4,6,11,14H,2-3,5,7-10H2,(H,15,18)/t11-/m1/s1. The van der Waals surface area contributed by atoms with Gasteiger partial charge in [-0.25, -0.2) is 0 Å². The van der Waals surface area contributed by atoms with Crippen molar-refractivity contribution in [3.05, 3.63) is 18.5 Å². The first kappa shape index (κ1) is 12.6. The van der Waals surface area contributed by atoms with Crippen LogP contribution in [-0.2, 0) is 16.1 Å². The SMILES string of the molecule is O=C(NCC1(Cn2cccn2)CC1)[C@H]1CNCCO1. The van der Waals surface area contributed by atoms with E-state index in [1.165, 1.54) is 0 Å². The summed E-state index contributed by atoms with van der Waals surface area (Å²) in [6, 6.07) is 1.93. The zero-order valence-corrected chi connectivity index (χ0v) is 11.0. The second kappa shape index (κ2) is 5.30. The molecule has 1 aliphatic heterocycles. The number of amides is 1. The van der Waals surface area contributed by atoms with Gasteiger partial charge in [0.25, 0.3) is 0 Å². The van der Waals surface area contributed by atoms with Gasteiger partial charge in [0.05, 0.1) is 6.61 Å². The Morgan fingerprint density at radius 3 is 3.11 bits per heavy atom. The Labute approximate surface area is 112 Å². The van der Waals surface area contributed by atoms with E-state index in [1.54, 1.807) is 6.20 Å². The van der Waals surface area contributed by atoms with Gasteiger partial charge < -0.3 is 15.4 Å². The number of carbonyl (C=O) groups excluding carboxylic acids is 1. The minimum atomic E-state index is -0.339. The van der Waals surface area contributed by atoms with Gasteiger partial charge in [0, 0.05) is 44.0 Å². The van der Waals surface area contributed by atoms with Gasteiger partial charge in [-0.15, -0.1) is 0 Å². The molecule has 1 aliphatic carbocycles. The van der Waals surface area contributed by atoms with E-state index >= 15 is 0 Å². The lowest BCUT2D eigenvalue weighted by atomic mass is 10.1. The molecule has 1 atom stereocenters. The number of carbonyl (C=O) groups is 1. The lowest BCUT2D eigenvalue weighted by Crippen LogP contribution is -2.49. The van der Waals surface area contributed by atoms with E-state index < -0.39 is 0 Å². The van der Waals surface area contributed by atoms with Crippen LogP contribution >= 0.6 is 0 Å². The van der Waals surface area contributed by atoms with Crippen LogP contribution in [0.15, 0.2) is 18.5 Å². The molecule has 0 radical (unpaired) electrons. The normalized spacial score (nSPS) is 24.9. The molecule has 3 rings (SSSR count). The highest BCUT2D eigenvalue weighted by Gasteiger charge is 2.43. The summed E-state index contributed by atoms with van der Waals surface area (Å²) in [5, 5.41) is 10.4. The van der Waals surface area contributed by atoms with E-state index in [0.29, 0.717) is 19.7 Å². The fourth-order valence-corrected chi connectivity index (χ4v) is 2.43. The van der Waals surface area contributed by atoms with Gasteiger partial charge in [-0.1, -0.05) is 0 Å². The zero-order chi connectivity index (χ0) is 13.1. The Morgan fingerprint density at radius 1 is 1.58 bits per heavy atom. The molecule has 1 aromatic heterocycles. The second-order valence-corrected chi connectivity index (χ2v) is 5.49. The summed E-state index contributed by atoms with van der Waals surface area (Å²) in [7, 11) is 0. The van der Waals surface area contributed by atoms with Crippen LogP contribution in [0.4, 0.5) is 0 Å². The first-order valence-corrected chi connectivity index (χ1v) is 6.85. The monoisotopic (exact) mass is 264 g/mol. The third kappa shape index (κ3) is 3.13. The lowest BCUT2D eigenvalue weighted by molar-refractivity contribution is -0.134. The number of rotatable bonds is 5. The molecule has 6 heteroatoms. The van der Waals surface area contributed by atoms with Gasteiger partial charge in [0.1, 0.15) is 6.10 Å². The van der Waals surface area contributed by atoms with Crippen LogP contribution < -0.4 is 10.6 Å². The third-order valence-electron chi connectivity index (χ3n) is 3.87. The maximum atomic E-state index is 12.0. The zero-order valence-electron chi connectivity index (χ0n) is 11.0. The average molecular weight is 264 g/mol. The molecule has 2 heterocycles. The van der Waals surface area contributed by atoms with Crippen LogP contribution in [0, 0.1) is 5.41 Å². The van der Waals surface area contributed by atoms with Crippen molar-refractivity contribution in [1.29, 1.82) is 0 Å². The Kier molecular flexibility index (Phi) is 3.52. The van der Waals surface area contributed by atoms with Crippen molar-refractivity contribution in [2.75, 3.05) is 26.2 Å². The minimum absolute atomic E-state index is 0.000981. The molecule has 1 saturated heterocycles. The van der Waals surface area contributed by atoms with E-state index in [0.717, 1.165) is 25.9 Å². The molecule has 1 amide bonds. The minimum Gasteiger partial charge on any atom is -0.366 e. The highest BCUT2D eigenvalue weighted by Crippen LogP contribution is 2.46. The maximum absolute atomic E-state index is 12.0. The smallest absolute Gasteiger partial charge is 0.250 e. The van der Waals surface area contributed by atoms with Crippen molar-refractivity contribution < 1.29 is 9.53 Å². The van der Waals surface area contributed by atoms with E-state index in [9.17, 15) is 4.79 Å². The fourth-order valence-electron chi connectivity index (χ4n) is 2.43. The number of aromatic nitrogens is 2. The van der Waals surface area contributed by atoms with Crippen molar-refractivity contribution in [3.63, 3.8) is 0 Å². The van der Waals surface area contributed by atoms with Crippen molar-refractivity contribution in [1.82, 2.24) is 20.4 Å². The van der Waals surface area contributed by atoms with Crippen LogP contribution in [0.1, 0.15) is 12.8 Å². The molecule has 0 bridgehead atoms. The summed E-state index contributed by atoms with van der Waals surface area (Å²) >= 11 is 0. The quantitative estimate of drug-likeness (QED) is 0.771. The number of hydrogen-bond donors (Lipinski definition) is 2. The number of nitrogens with zero attached hydrogens (tertiary/aromatic N) is 2.